The van der Waals surface area contributed by atoms with E-state index in [2.05, 4.69) is 15.9 Å². The fourth-order valence-corrected chi connectivity index (χ4v) is 2.72. The molecule has 0 bridgehead atoms. The summed E-state index contributed by atoms with van der Waals surface area (Å²) < 4.78 is 27.1. The minimum absolute atomic E-state index is 0.119. The zero-order valence-electron chi connectivity index (χ0n) is 11.5. The third-order valence-corrected chi connectivity index (χ3v) is 4.15. The summed E-state index contributed by atoms with van der Waals surface area (Å²) in [6.07, 6.45) is -0.429. The van der Waals surface area contributed by atoms with Gasteiger partial charge in [0.25, 0.3) is 5.92 Å². The summed E-state index contributed by atoms with van der Waals surface area (Å²) >= 11 is 3.23. The highest BCUT2D eigenvalue weighted by atomic mass is 79.9. The van der Waals surface area contributed by atoms with Crippen LogP contribution in [0.15, 0.2) is 28.7 Å². The maximum Gasteiger partial charge on any atom is 0.313 e. The largest absolute Gasteiger partial charge is 0.481 e. The minimum atomic E-state index is -2.94. The Morgan fingerprint density at radius 1 is 1.32 bits per heavy atom. The highest BCUT2D eigenvalue weighted by Gasteiger charge is 2.43. The Morgan fingerprint density at radius 3 is 2.36 bits per heavy atom. The number of benzene rings is 1. The van der Waals surface area contributed by atoms with Crippen LogP contribution in [0.3, 0.4) is 0 Å². The van der Waals surface area contributed by atoms with Crippen LogP contribution >= 0.6 is 15.9 Å². The molecule has 1 aliphatic heterocycles. The molecule has 0 unspecified atom stereocenters. The lowest BCUT2D eigenvalue weighted by molar-refractivity contribution is -0.144. The third-order valence-electron chi connectivity index (χ3n) is 3.62. The van der Waals surface area contributed by atoms with Crippen molar-refractivity contribution in [3.8, 4) is 0 Å². The van der Waals surface area contributed by atoms with Crippen LogP contribution in [0.25, 0.3) is 0 Å². The number of rotatable bonds is 4. The Morgan fingerprint density at radius 2 is 1.91 bits per heavy atom. The number of hydrogen-bond donors (Lipinski definition) is 2. The number of nitrogens with two attached hydrogens (primary N) is 1. The van der Waals surface area contributed by atoms with Gasteiger partial charge in [0.15, 0.2) is 0 Å². The number of alkyl halides is 2. The molecule has 2 rings (SSSR count). The Labute approximate surface area is 134 Å². The van der Waals surface area contributed by atoms with E-state index in [0.29, 0.717) is 5.56 Å². The number of hydrogen-bond acceptors (Lipinski definition) is 3. The summed E-state index contributed by atoms with van der Waals surface area (Å²) in [4.78, 5) is 24.6. The van der Waals surface area contributed by atoms with E-state index in [0.717, 1.165) is 9.37 Å². The molecule has 8 heteroatoms. The van der Waals surface area contributed by atoms with Crippen molar-refractivity contribution >= 4 is 27.8 Å². The van der Waals surface area contributed by atoms with Crippen LogP contribution < -0.4 is 5.73 Å². The molecule has 0 aromatic heterocycles. The summed E-state index contributed by atoms with van der Waals surface area (Å²) in [5.74, 6) is -6.26. The summed E-state index contributed by atoms with van der Waals surface area (Å²) in [5.41, 5.74) is 6.12. The second-order valence-corrected chi connectivity index (χ2v) is 6.17. The Balaban J connectivity index is 2.20. The van der Waals surface area contributed by atoms with Gasteiger partial charge in [-0.1, -0.05) is 28.1 Å². The van der Waals surface area contributed by atoms with Gasteiger partial charge in [0.1, 0.15) is 12.0 Å². The van der Waals surface area contributed by atoms with Gasteiger partial charge in [-0.3, -0.25) is 9.59 Å². The summed E-state index contributed by atoms with van der Waals surface area (Å²) in [6.45, 7) is -0.835. The summed E-state index contributed by atoms with van der Waals surface area (Å²) in [7, 11) is 0. The van der Waals surface area contributed by atoms with E-state index in [4.69, 9.17) is 5.73 Å². The van der Waals surface area contributed by atoms with E-state index in [9.17, 15) is 23.5 Å². The molecule has 22 heavy (non-hydrogen) atoms. The molecule has 1 aromatic rings. The van der Waals surface area contributed by atoms with Gasteiger partial charge < -0.3 is 15.7 Å². The Hall–Kier alpha value is -1.54. The molecule has 1 saturated heterocycles. The molecule has 1 aliphatic rings. The lowest BCUT2D eigenvalue weighted by Crippen LogP contribution is -2.48. The molecule has 5 nitrogen and oxygen atoms in total. The van der Waals surface area contributed by atoms with Gasteiger partial charge >= 0.3 is 5.97 Å². The number of halogens is 3. The zero-order chi connectivity index (χ0) is 16.5. The van der Waals surface area contributed by atoms with Crippen molar-refractivity contribution in [2.75, 3.05) is 13.1 Å². The van der Waals surface area contributed by atoms with Crippen molar-refractivity contribution in [2.24, 2.45) is 5.73 Å². The predicted octanol–water partition coefficient (Wildman–Crippen LogP) is 1.81. The van der Waals surface area contributed by atoms with E-state index in [-0.39, 0.29) is 6.54 Å². The number of nitrogens with zero attached hydrogens (tertiary/aromatic N) is 1. The molecular weight excluding hydrogens is 362 g/mol. The molecule has 0 spiro atoms. The highest BCUT2D eigenvalue weighted by Crippen LogP contribution is 2.29. The quantitative estimate of drug-likeness (QED) is 0.839. The zero-order valence-corrected chi connectivity index (χ0v) is 13.1. The van der Waals surface area contributed by atoms with Gasteiger partial charge in [0.2, 0.25) is 5.91 Å². The lowest BCUT2D eigenvalue weighted by Gasteiger charge is -2.25. The standard InChI is InChI=1S/C14H15BrF2N2O3/c15-9-3-1-8(2-4-9)10(13(21)22)11(18)12(20)19-6-5-14(16,17)7-19/h1-4,10-11H,5-7,18H2,(H,21,22)/t10-,11-/m0/s1. The van der Waals surface area contributed by atoms with Crippen LogP contribution in [0.1, 0.15) is 17.9 Å². The molecule has 1 fully saturated rings. The maximum atomic E-state index is 13.2. The van der Waals surface area contributed by atoms with Crippen molar-refractivity contribution in [1.82, 2.24) is 4.90 Å². The van der Waals surface area contributed by atoms with Gasteiger partial charge in [-0.25, -0.2) is 8.78 Å². The summed E-state index contributed by atoms with van der Waals surface area (Å²) in [6, 6.07) is 4.93. The fraction of sp³-hybridized carbons (Fsp3) is 0.429. The number of aliphatic carboxylic acids is 1. The Bertz CT molecular complexity index is 580. The van der Waals surface area contributed by atoms with Gasteiger partial charge in [-0.05, 0) is 17.7 Å². The normalized spacial score (nSPS) is 19.7. The van der Waals surface area contributed by atoms with Gasteiger partial charge in [-0.2, -0.15) is 0 Å². The first kappa shape index (κ1) is 16.8. The van der Waals surface area contributed by atoms with Gasteiger partial charge in [0.05, 0.1) is 6.54 Å². The molecule has 3 N–H and O–H groups in total. The Kier molecular flexibility index (Phi) is 4.81. The second-order valence-electron chi connectivity index (χ2n) is 5.26. The lowest BCUT2D eigenvalue weighted by atomic mass is 9.91. The van der Waals surface area contributed by atoms with E-state index in [1.54, 1.807) is 12.1 Å². The van der Waals surface area contributed by atoms with Gasteiger partial charge in [0, 0.05) is 17.4 Å². The van der Waals surface area contributed by atoms with E-state index >= 15 is 0 Å². The molecule has 0 aliphatic carbocycles. The number of carbonyl (C=O) groups excluding carboxylic acids is 1. The topological polar surface area (TPSA) is 83.6 Å². The number of carboxylic acid groups (broad SMARTS) is 1. The minimum Gasteiger partial charge on any atom is -0.481 e. The second kappa shape index (κ2) is 6.29. The molecule has 1 amide bonds. The highest BCUT2D eigenvalue weighted by molar-refractivity contribution is 9.10. The first-order valence-corrected chi connectivity index (χ1v) is 7.41. The first-order valence-electron chi connectivity index (χ1n) is 6.62. The fourth-order valence-electron chi connectivity index (χ4n) is 2.45. The van der Waals surface area contributed by atoms with E-state index < -0.39 is 42.7 Å². The van der Waals surface area contributed by atoms with E-state index in [1.165, 1.54) is 12.1 Å². The monoisotopic (exact) mass is 376 g/mol. The van der Waals surface area contributed by atoms with Crippen molar-refractivity contribution in [1.29, 1.82) is 0 Å². The number of likely N-dealkylation sites (tertiary alicyclic amines) is 1. The van der Waals surface area contributed by atoms with Crippen LogP contribution in [0, 0.1) is 0 Å². The summed E-state index contributed by atoms with van der Waals surface area (Å²) in [5, 5.41) is 9.35. The van der Waals surface area contributed by atoms with Crippen LogP contribution in [0.4, 0.5) is 8.78 Å². The van der Waals surface area contributed by atoms with Crippen LogP contribution in [0.5, 0.6) is 0 Å². The third kappa shape index (κ3) is 3.61. The van der Waals surface area contributed by atoms with Crippen molar-refractivity contribution in [3.63, 3.8) is 0 Å². The SMILES string of the molecule is N[C@H](C(=O)N1CCC(F)(F)C1)[C@@H](C(=O)O)c1ccc(Br)cc1. The van der Waals surface area contributed by atoms with Crippen molar-refractivity contribution in [2.45, 2.75) is 24.3 Å². The van der Waals surface area contributed by atoms with Crippen molar-refractivity contribution in [3.05, 3.63) is 34.3 Å². The average molecular weight is 377 g/mol. The average Bonchev–Trinajstić information content (AvgIpc) is 2.80. The van der Waals surface area contributed by atoms with E-state index in [1.807, 2.05) is 0 Å². The molecule has 1 heterocycles. The van der Waals surface area contributed by atoms with Gasteiger partial charge in [-0.15, -0.1) is 0 Å². The predicted molar refractivity (Wildman–Crippen MR) is 78.6 cm³/mol. The molecule has 2 atom stereocenters. The maximum absolute atomic E-state index is 13.2. The van der Waals surface area contributed by atoms with Crippen LogP contribution in [-0.4, -0.2) is 46.9 Å². The molecule has 0 saturated carbocycles. The van der Waals surface area contributed by atoms with Crippen LogP contribution in [-0.2, 0) is 9.59 Å². The molecule has 0 radical (unpaired) electrons. The number of carboxylic acids is 1. The van der Waals surface area contributed by atoms with Crippen molar-refractivity contribution < 1.29 is 23.5 Å². The number of carbonyl (C=O) groups is 2. The molecular formula is C14H15BrF2N2O3. The smallest absolute Gasteiger partial charge is 0.313 e. The number of amides is 1. The molecule has 120 valence electrons. The molecule has 1 aromatic carbocycles. The first-order chi connectivity index (χ1) is 10.2. The van der Waals surface area contributed by atoms with Crippen LogP contribution in [0.2, 0.25) is 0 Å².